The maximum atomic E-state index is 14.2. The van der Waals surface area contributed by atoms with Crippen LogP contribution >= 0.6 is 0 Å². The summed E-state index contributed by atoms with van der Waals surface area (Å²) in [5.41, 5.74) is -0.713. The van der Waals surface area contributed by atoms with Crippen molar-refractivity contribution >= 4 is 5.78 Å². The molecule has 20 heavy (non-hydrogen) atoms. The molecule has 4 heteroatoms. The van der Waals surface area contributed by atoms with Gasteiger partial charge in [0.05, 0.1) is 5.56 Å². The van der Waals surface area contributed by atoms with E-state index in [2.05, 4.69) is 5.32 Å². The van der Waals surface area contributed by atoms with Crippen molar-refractivity contribution < 1.29 is 13.6 Å². The highest BCUT2D eigenvalue weighted by molar-refractivity contribution is 6.01. The Bertz CT molecular complexity index is 502. The molecule has 110 valence electrons. The highest BCUT2D eigenvalue weighted by atomic mass is 19.1. The van der Waals surface area contributed by atoms with E-state index in [0.717, 1.165) is 19.4 Å². The van der Waals surface area contributed by atoms with Gasteiger partial charge in [0, 0.05) is 12.0 Å². The van der Waals surface area contributed by atoms with Crippen molar-refractivity contribution in [2.45, 2.75) is 39.5 Å². The Labute approximate surface area is 118 Å². The third-order valence-electron chi connectivity index (χ3n) is 4.19. The summed E-state index contributed by atoms with van der Waals surface area (Å²) in [7, 11) is 0. The lowest BCUT2D eigenvalue weighted by atomic mass is 9.71. The fourth-order valence-electron chi connectivity index (χ4n) is 3.10. The maximum Gasteiger partial charge on any atom is 0.176 e. The van der Waals surface area contributed by atoms with E-state index >= 15 is 0 Å². The summed E-state index contributed by atoms with van der Waals surface area (Å²) >= 11 is 0. The maximum absolute atomic E-state index is 14.2. The van der Waals surface area contributed by atoms with E-state index in [1.165, 1.54) is 12.1 Å². The second-order valence-electron chi connectivity index (χ2n) is 5.69. The Morgan fingerprint density at radius 1 is 1.40 bits per heavy atom. The topological polar surface area (TPSA) is 29.1 Å². The van der Waals surface area contributed by atoms with Crippen LogP contribution in [0.2, 0.25) is 0 Å². The highest BCUT2D eigenvalue weighted by Gasteiger charge is 2.41. The standard InChI is InChI=1S/C16H21F2NO/c1-3-7-16(8-4-9-19-10-16)15(20)13-12(17)6-5-11(2)14(13)18/h5-6,19H,3-4,7-10H2,1-2H3. The summed E-state index contributed by atoms with van der Waals surface area (Å²) in [4.78, 5) is 12.8. The number of hydrogen-bond acceptors (Lipinski definition) is 2. The molecule has 1 N–H and O–H groups in total. The molecule has 1 aromatic rings. The zero-order valence-electron chi connectivity index (χ0n) is 12.1. The molecule has 0 aromatic heterocycles. The van der Waals surface area contributed by atoms with Gasteiger partial charge in [0.2, 0.25) is 0 Å². The fraction of sp³-hybridized carbons (Fsp3) is 0.562. The summed E-state index contributed by atoms with van der Waals surface area (Å²) in [6.45, 7) is 4.91. The molecule has 1 atom stereocenters. The number of aryl methyl sites for hydroxylation is 1. The molecule has 0 bridgehead atoms. The number of carbonyl (C=O) groups excluding carboxylic acids is 1. The molecule has 0 amide bonds. The van der Waals surface area contributed by atoms with Gasteiger partial charge in [0.15, 0.2) is 5.78 Å². The van der Waals surface area contributed by atoms with Gasteiger partial charge in [-0.05, 0) is 44.4 Å². The normalized spacial score (nSPS) is 22.8. The molecule has 1 aliphatic rings. The lowest BCUT2D eigenvalue weighted by molar-refractivity contribution is 0.0708. The van der Waals surface area contributed by atoms with E-state index in [9.17, 15) is 13.6 Å². The number of piperidine rings is 1. The summed E-state index contributed by atoms with van der Waals surface area (Å²) in [6.07, 6.45) is 3.04. The average molecular weight is 281 g/mol. The van der Waals surface area contributed by atoms with Crippen LogP contribution in [0.25, 0.3) is 0 Å². The number of Topliss-reactive ketones (excluding diaryl/α,β-unsaturated/α-hetero) is 1. The molecular weight excluding hydrogens is 260 g/mol. The zero-order valence-corrected chi connectivity index (χ0v) is 12.1. The summed E-state index contributed by atoms with van der Waals surface area (Å²) in [6, 6.07) is 2.55. The van der Waals surface area contributed by atoms with Crippen LogP contribution in [0.5, 0.6) is 0 Å². The van der Waals surface area contributed by atoms with Crippen LogP contribution < -0.4 is 5.32 Å². The van der Waals surface area contributed by atoms with Crippen molar-refractivity contribution in [2.24, 2.45) is 5.41 Å². The molecule has 0 saturated carbocycles. The van der Waals surface area contributed by atoms with Crippen LogP contribution in [0, 0.1) is 24.0 Å². The third-order valence-corrected chi connectivity index (χ3v) is 4.19. The highest BCUT2D eigenvalue weighted by Crippen LogP contribution is 2.37. The van der Waals surface area contributed by atoms with Gasteiger partial charge in [-0.2, -0.15) is 0 Å². The lowest BCUT2D eigenvalue weighted by Crippen LogP contribution is -2.46. The Balaban J connectivity index is 2.45. The van der Waals surface area contributed by atoms with Gasteiger partial charge in [-0.15, -0.1) is 0 Å². The summed E-state index contributed by atoms with van der Waals surface area (Å²) in [5, 5.41) is 3.20. The first-order valence-corrected chi connectivity index (χ1v) is 7.22. The van der Waals surface area contributed by atoms with E-state index in [0.29, 0.717) is 24.9 Å². The Kier molecular flexibility index (Phi) is 4.53. The van der Waals surface area contributed by atoms with Gasteiger partial charge in [-0.1, -0.05) is 19.4 Å². The average Bonchev–Trinajstić information content (AvgIpc) is 2.44. The van der Waals surface area contributed by atoms with E-state index < -0.39 is 17.0 Å². The second-order valence-corrected chi connectivity index (χ2v) is 5.69. The monoisotopic (exact) mass is 281 g/mol. The number of nitrogens with one attached hydrogen (secondary N) is 1. The Morgan fingerprint density at radius 2 is 2.15 bits per heavy atom. The number of carbonyl (C=O) groups is 1. The SMILES string of the molecule is CCCC1(C(=O)c2c(F)ccc(C)c2F)CCCNC1. The Hall–Kier alpha value is -1.29. The minimum atomic E-state index is -0.751. The molecule has 1 saturated heterocycles. The minimum Gasteiger partial charge on any atom is -0.316 e. The van der Waals surface area contributed by atoms with Gasteiger partial charge in [0.1, 0.15) is 11.6 Å². The van der Waals surface area contributed by atoms with Crippen LogP contribution in [0.3, 0.4) is 0 Å². The zero-order chi connectivity index (χ0) is 14.8. The molecule has 0 aliphatic carbocycles. The van der Waals surface area contributed by atoms with Crippen LogP contribution in [0.4, 0.5) is 8.78 Å². The second kappa shape index (κ2) is 6.00. The molecule has 0 spiro atoms. The molecule has 1 heterocycles. The number of halogens is 2. The first-order chi connectivity index (χ1) is 9.52. The number of benzene rings is 1. The van der Waals surface area contributed by atoms with E-state index in [1.807, 2.05) is 6.92 Å². The quantitative estimate of drug-likeness (QED) is 0.854. The fourth-order valence-corrected chi connectivity index (χ4v) is 3.10. The van der Waals surface area contributed by atoms with Crippen LogP contribution in [-0.4, -0.2) is 18.9 Å². The molecule has 1 fully saturated rings. The van der Waals surface area contributed by atoms with Crippen LogP contribution in [0.15, 0.2) is 12.1 Å². The van der Waals surface area contributed by atoms with Crippen molar-refractivity contribution in [3.63, 3.8) is 0 Å². The van der Waals surface area contributed by atoms with Crippen molar-refractivity contribution in [1.82, 2.24) is 5.32 Å². The van der Waals surface area contributed by atoms with Crippen LogP contribution in [-0.2, 0) is 0 Å². The van der Waals surface area contributed by atoms with Crippen molar-refractivity contribution in [3.05, 3.63) is 34.9 Å². The first-order valence-electron chi connectivity index (χ1n) is 7.22. The summed E-state index contributed by atoms with van der Waals surface area (Å²) in [5.74, 6) is -1.85. The minimum absolute atomic E-state index is 0.310. The van der Waals surface area contributed by atoms with E-state index in [1.54, 1.807) is 6.92 Å². The molecule has 1 aliphatic heterocycles. The van der Waals surface area contributed by atoms with Gasteiger partial charge in [-0.3, -0.25) is 4.79 Å². The smallest absolute Gasteiger partial charge is 0.176 e. The van der Waals surface area contributed by atoms with Crippen molar-refractivity contribution in [2.75, 3.05) is 13.1 Å². The van der Waals surface area contributed by atoms with Crippen LogP contribution in [0.1, 0.15) is 48.5 Å². The lowest BCUT2D eigenvalue weighted by Gasteiger charge is -2.36. The molecule has 1 aromatic carbocycles. The van der Waals surface area contributed by atoms with Gasteiger partial charge in [0.25, 0.3) is 0 Å². The number of ketones is 1. The predicted octanol–water partition coefficient (Wildman–Crippen LogP) is 3.63. The molecule has 2 rings (SSSR count). The molecule has 0 radical (unpaired) electrons. The predicted molar refractivity (Wildman–Crippen MR) is 74.9 cm³/mol. The van der Waals surface area contributed by atoms with E-state index in [4.69, 9.17) is 0 Å². The van der Waals surface area contributed by atoms with Gasteiger partial charge in [-0.25, -0.2) is 8.78 Å². The largest absolute Gasteiger partial charge is 0.316 e. The Morgan fingerprint density at radius 3 is 2.75 bits per heavy atom. The number of rotatable bonds is 4. The third kappa shape index (κ3) is 2.62. The molecule has 1 unspecified atom stereocenters. The number of hydrogen-bond donors (Lipinski definition) is 1. The molecular formula is C16H21F2NO. The van der Waals surface area contributed by atoms with Gasteiger partial charge >= 0.3 is 0 Å². The van der Waals surface area contributed by atoms with Gasteiger partial charge < -0.3 is 5.32 Å². The van der Waals surface area contributed by atoms with Crippen molar-refractivity contribution in [3.8, 4) is 0 Å². The first kappa shape index (κ1) is 15.1. The van der Waals surface area contributed by atoms with Crippen molar-refractivity contribution in [1.29, 1.82) is 0 Å². The molecule has 2 nitrogen and oxygen atoms in total. The van der Waals surface area contributed by atoms with E-state index in [-0.39, 0.29) is 11.3 Å². The summed E-state index contributed by atoms with van der Waals surface area (Å²) < 4.78 is 28.2.